The third-order valence-corrected chi connectivity index (χ3v) is 5.88. The molecule has 0 radical (unpaired) electrons. The first-order valence-electron chi connectivity index (χ1n) is 11.2. The molecule has 32 heavy (non-hydrogen) atoms. The van der Waals surface area contributed by atoms with Gasteiger partial charge in [-0.05, 0) is 73.2 Å². The van der Waals surface area contributed by atoms with Gasteiger partial charge in [-0.25, -0.2) is 4.68 Å². The van der Waals surface area contributed by atoms with Crippen molar-refractivity contribution in [1.82, 2.24) is 25.1 Å². The van der Waals surface area contributed by atoms with Crippen molar-refractivity contribution >= 4 is 5.69 Å². The van der Waals surface area contributed by atoms with Gasteiger partial charge in [0.2, 0.25) is 0 Å². The van der Waals surface area contributed by atoms with Gasteiger partial charge >= 0.3 is 0 Å². The first kappa shape index (κ1) is 22.1. The van der Waals surface area contributed by atoms with Crippen molar-refractivity contribution in [2.45, 2.75) is 32.9 Å². The minimum absolute atomic E-state index is 0.0129. The summed E-state index contributed by atoms with van der Waals surface area (Å²) in [6.45, 7) is 10.6. The van der Waals surface area contributed by atoms with E-state index in [-0.39, 0.29) is 12.1 Å². The zero-order chi connectivity index (χ0) is 22.5. The highest BCUT2D eigenvalue weighted by atomic mass is 16.5. The average molecular weight is 437 g/mol. The van der Waals surface area contributed by atoms with Crippen LogP contribution in [0.2, 0.25) is 0 Å². The van der Waals surface area contributed by atoms with Crippen LogP contribution in [0, 0.1) is 0 Å². The third-order valence-electron chi connectivity index (χ3n) is 5.88. The summed E-state index contributed by atoms with van der Waals surface area (Å²) in [7, 11) is 1.69. The van der Waals surface area contributed by atoms with Gasteiger partial charge < -0.3 is 14.4 Å². The number of hydrogen-bond acceptors (Lipinski definition) is 7. The molecule has 2 heterocycles. The van der Waals surface area contributed by atoms with Crippen LogP contribution in [0.3, 0.4) is 0 Å². The summed E-state index contributed by atoms with van der Waals surface area (Å²) >= 11 is 0. The standard InChI is InChI=1S/C24H32N6O2/c1-5-32-22-10-6-19(7-11-22)23(24-25-26-27-30(24)18(2)3)29-16-14-28(15-17-29)20-8-12-21(31-4)13-9-20/h6-13,18,23H,5,14-17H2,1-4H3/t23-/m1/s1. The van der Waals surface area contributed by atoms with Gasteiger partial charge in [-0.3, -0.25) is 4.90 Å². The van der Waals surface area contributed by atoms with Crippen molar-refractivity contribution in [3.63, 3.8) is 0 Å². The Kier molecular flexibility index (Phi) is 6.90. The molecule has 4 rings (SSSR count). The first-order valence-corrected chi connectivity index (χ1v) is 11.2. The van der Waals surface area contributed by atoms with Crippen molar-refractivity contribution in [1.29, 1.82) is 0 Å². The van der Waals surface area contributed by atoms with Crippen LogP contribution in [0.5, 0.6) is 11.5 Å². The number of tetrazole rings is 1. The van der Waals surface area contributed by atoms with E-state index in [0.29, 0.717) is 6.61 Å². The monoisotopic (exact) mass is 436 g/mol. The molecule has 8 nitrogen and oxygen atoms in total. The Balaban J connectivity index is 1.57. The van der Waals surface area contributed by atoms with E-state index in [2.05, 4.69) is 63.4 Å². The Morgan fingerprint density at radius 3 is 2.16 bits per heavy atom. The smallest absolute Gasteiger partial charge is 0.173 e. The highest BCUT2D eigenvalue weighted by molar-refractivity contribution is 5.49. The number of aromatic nitrogens is 4. The van der Waals surface area contributed by atoms with Crippen molar-refractivity contribution in [3.05, 3.63) is 59.9 Å². The molecule has 0 spiro atoms. The van der Waals surface area contributed by atoms with Gasteiger partial charge in [0.25, 0.3) is 0 Å². The minimum Gasteiger partial charge on any atom is -0.497 e. The molecule has 3 aromatic rings. The number of hydrogen-bond donors (Lipinski definition) is 0. The van der Waals surface area contributed by atoms with E-state index in [4.69, 9.17) is 9.47 Å². The number of nitrogens with zero attached hydrogens (tertiary/aromatic N) is 6. The van der Waals surface area contributed by atoms with Crippen LogP contribution in [0.25, 0.3) is 0 Å². The number of methoxy groups -OCH3 is 1. The predicted molar refractivity (Wildman–Crippen MR) is 124 cm³/mol. The lowest BCUT2D eigenvalue weighted by atomic mass is 10.0. The molecule has 1 aromatic heterocycles. The SMILES string of the molecule is CCOc1ccc([C@H](c2nnnn2C(C)C)N2CCN(c3ccc(OC)cc3)CC2)cc1. The summed E-state index contributed by atoms with van der Waals surface area (Å²) in [6.07, 6.45) is 0. The number of rotatable bonds is 8. The topological polar surface area (TPSA) is 68.5 Å². The van der Waals surface area contributed by atoms with E-state index < -0.39 is 0 Å². The van der Waals surface area contributed by atoms with Gasteiger partial charge in [0, 0.05) is 31.9 Å². The van der Waals surface area contributed by atoms with Crippen LogP contribution < -0.4 is 14.4 Å². The van der Waals surface area contributed by atoms with Crippen molar-refractivity contribution in [2.24, 2.45) is 0 Å². The summed E-state index contributed by atoms with van der Waals surface area (Å²) < 4.78 is 12.9. The molecule has 0 unspecified atom stereocenters. The second-order valence-electron chi connectivity index (χ2n) is 8.20. The number of anilines is 1. The van der Waals surface area contributed by atoms with E-state index in [1.807, 2.05) is 35.9 Å². The first-order chi connectivity index (χ1) is 15.6. The van der Waals surface area contributed by atoms with Crippen LogP contribution in [-0.2, 0) is 0 Å². The van der Waals surface area contributed by atoms with Gasteiger partial charge in [0.05, 0.1) is 25.8 Å². The van der Waals surface area contributed by atoms with Gasteiger partial charge in [-0.15, -0.1) is 5.10 Å². The molecule has 1 fully saturated rings. The Bertz CT molecular complexity index is 978. The summed E-state index contributed by atoms with van der Waals surface area (Å²) in [5, 5.41) is 12.7. The van der Waals surface area contributed by atoms with Crippen molar-refractivity contribution < 1.29 is 9.47 Å². The molecule has 8 heteroatoms. The van der Waals surface area contributed by atoms with Gasteiger partial charge in [0.15, 0.2) is 5.82 Å². The molecule has 0 bridgehead atoms. The molecule has 0 saturated carbocycles. The maximum Gasteiger partial charge on any atom is 0.173 e. The summed E-state index contributed by atoms with van der Waals surface area (Å²) in [5.41, 5.74) is 2.39. The quantitative estimate of drug-likeness (QED) is 0.535. The molecule has 1 aliphatic rings. The fraction of sp³-hybridized carbons (Fsp3) is 0.458. The lowest BCUT2D eigenvalue weighted by Gasteiger charge is -2.40. The summed E-state index contributed by atoms with van der Waals surface area (Å²) in [4.78, 5) is 4.89. The van der Waals surface area contributed by atoms with E-state index in [1.165, 1.54) is 11.3 Å². The van der Waals surface area contributed by atoms with Gasteiger partial charge in [-0.1, -0.05) is 12.1 Å². The molecule has 0 amide bonds. The molecule has 2 aromatic carbocycles. The van der Waals surface area contributed by atoms with E-state index in [1.54, 1.807) is 7.11 Å². The number of piperazine rings is 1. The normalized spacial score (nSPS) is 15.7. The summed E-state index contributed by atoms with van der Waals surface area (Å²) in [6, 6.07) is 16.8. The minimum atomic E-state index is -0.0129. The highest BCUT2D eigenvalue weighted by Gasteiger charge is 2.31. The Labute approximate surface area is 189 Å². The lowest BCUT2D eigenvalue weighted by molar-refractivity contribution is 0.199. The third kappa shape index (κ3) is 4.70. The maximum absolute atomic E-state index is 5.64. The fourth-order valence-corrected chi connectivity index (χ4v) is 4.22. The highest BCUT2D eigenvalue weighted by Crippen LogP contribution is 2.31. The zero-order valence-corrected chi connectivity index (χ0v) is 19.3. The van der Waals surface area contributed by atoms with Crippen LogP contribution in [0.1, 0.15) is 44.2 Å². The van der Waals surface area contributed by atoms with Crippen LogP contribution in [0.15, 0.2) is 48.5 Å². The van der Waals surface area contributed by atoms with Crippen LogP contribution >= 0.6 is 0 Å². The number of benzene rings is 2. The van der Waals surface area contributed by atoms with E-state index in [0.717, 1.165) is 43.5 Å². The van der Waals surface area contributed by atoms with Crippen LogP contribution in [-0.4, -0.2) is 65.0 Å². The van der Waals surface area contributed by atoms with E-state index >= 15 is 0 Å². The Morgan fingerprint density at radius 1 is 0.906 bits per heavy atom. The average Bonchev–Trinajstić information content (AvgIpc) is 3.31. The zero-order valence-electron chi connectivity index (χ0n) is 19.3. The summed E-state index contributed by atoms with van der Waals surface area (Å²) in [5.74, 6) is 2.63. The van der Waals surface area contributed by atoms with Crippen LogP contribution in [0.4, 0.5) is 5.69 Å². The molecule has 1 aliphatic heterocycles. The van der Waals surface area contributed by atoms with Crippen molar-refractivity contribution in [3.8, 4) is 11.5 Å². The molecule has 1 saturated heterocycles. The fourth-order valence-electron chi connectivity index (χ4n) is 4.22. The second kappa shape index (κ2) is 9.99. The largest absolute Gasteiger partial charge is 0.497 e. The molecular formula is C24H32N6O2. The predicted octanol–water partition coefficient (Wildman–Crippen LogP) is 3.57. The Morgan fingerprint density at radius 2 is 1.56 bits per heavy atom. The molecule has 0 aliphatic carbocycles. The molecule has 170 valence electrons. The number of ether oxygens (including phenoxy) is 2. The Hall–Kier alpha value is -3.13. The molecular weight excluding hydrogens is 404 g/mol. The van der Waals surface area contributed by atoms with E-state index in [9.17, 15) is 0 Å². The second-order valence-corrected chi connectivity index (χ2v) is 8.20. The lowest BCUT2D eigenvalue weighted by Crippen LogP contribution is -2.48. The van der Waals surface area contributed by atoms with Gasteiger partial charge in [-0.2, -0.15) is 0 Å². The van der Waals surface area contributed by atoms with Gasteiger partial charge in [0.1, 0.15) is 11.5 Å². The maximum atomic E-state index is 5.64. The van der Waals surface area contributed by atoms with Crippen molar-refractivity contribution in [2.75, 3.05) is 44.8 Å². The molecule has 1 atom stereocenters. The molecule has 0 N–H and O–H groups in total.